The first-order valence-electron chi connectivity index (χ1n) is 6.05. The average Bonchev–Trinajstić information content (AvgIpc) is 2.35. The van der Waals surface area contributed by atoms with E-state index in [1.807, 2.05) is 0 Å². The molecule has 0 bridgehead atoms. The van der Waals surface area contributed by atoms with Crippen molar-refractivity contribution < 1.29 is 24.2 Å². The van der Waals surface area contributed by atoms with Gasteiger partial charge in [0.1, 0.15) is 11.5 Å². The lowest BCUT2D eigenvalue weighted by molar-refractivity contribution is 0.120. The molecule has 0 spiro atoms. The molecule has 0 unspecified atom stereocenters. The molecule has 18 heavy (non-hydrogen) atoms. The monoisotopic (exact) mass is 254 g/mol. The smallest absolute Gasteiger partial charge is 0.512 e. The summed E-state index contributed by atoms with van der Waals surface area (Å²) in [6, 6.07) is 6.65. The minimum absolute atomic E-state index is 0.378. The Balaban J connectivity index is 2.18. The van der Waals surface area contributed by atoms with Crippen LogP contribution in [0, 0.1) is 0 Å². The largest absolute Gasteiger partial charge is 0.707 e. The third kappa shape index (κ3) is 6.49. The molecular weight excluding hydrogens is 235 g/mol. The molecule has 0 heterocycles. The second kappa shape index (κ2) is 8.80. The van der Waals surface area contributed by atoms with Gasteiger partial charge in [0.05, 0.1) is 6.61 Å². The van der Waals surface area contributed by atoms with Crippen molar-refractivity contribution in [1.82, 2.24) is 0 Å². The molecule has 1 aromatic rings. The molecule has 5 nitrogen and oxygen atoms in total. The number of hydrogen-bond donors (Lipinski definition) is 2. The van der Waals surface area contributed by atoms with Crippen LogP contribution in [0.3, 0.4) is 0 Å². The molecule has 0 aliphatic rings. The van der Waals surface area contributed by atoms with Crippen molar-refractivity contribution in [2.24, 2.45) is 0 Å². The van der Waals surface area contributed by atoms with Crippen LogP contribution >= 0.6 is 0 Å². The second-order valence-corrected chi connectivity index (χ2v) is 3.73. The summed E-state index contributed by atoms with van der Waals surface area (Å²) in [6.07, 6.45) is 1.87. The van der Waals surface area contributed by atoms with Gasteiger partial charge >= 0.3 is 7.32 Å². The predicted octanol–water partition coefficient (Wildman–Crippen LogP) is 1.23. The molecule has 0 aromatic heterocycles. The number of ether oxygens (including phenoxy) is 2. The summed E-state index contributed by atoms with van der Waals surface area (Å²) in [5.41, 5.74) is 0. The lowest BCUT2D eigenvalue weighted by Crippen LogP contribution is -2.20. The molecule has 6 heteroatoms. The summed E-state index contributed by atoms with van der Waals surface area (Å²) in [5, 5.41) is 17.2. The minimum Gasteiger partial charge on any atom is -0.512 e. The summed E-state index contributed by atoms with van der Waals surface area (Å²) >= 11 is 0. The van der Waals surface area contributed by atoms with Crippen LogP contribution in [0.5, 0.6) is 11.5 Å². The van der Waals surface area contributed by atoms with Crippen molar-refractivity contribution >= 4 is 7.32 Å². The maximum absolute atomic E-state index is 8.61. The van der Waals surface area contributed by atoms with Crippen LogP contribution in [0.25, 0.3) is 0 Å². The van der Waals surface area contributed by atoms with Crippen LogP contribution in [0.15, 0.2) is 24.3 Å². The van der Waals surface area contributed by atoms with Crippen molar-refractivity contribution in [3.63, 3.8) is 0 Å². The maximum Gasteiger partial charge on any atom is 0.707 e. The van der Waals surface area contributed by atoms with Crippen LogP contribution in [0.4, 0.5) is 0 Å². The van der Waals surface area contributed by atoms with E-state index in [-0.39, 0.29) is 0 Å². The van der Waals surface area contributed by atoms with Gasteiger partial charge in [0.15, 0.2) is 0 Å². The van der Waals surface area contributed by atoms with Gasteiger partial charge in [-0.25, -0.2) is 0 Å². The molecule has 0 saturated carbocycles. The van der Waals surface area contributed by atoms with Gasteiger partial charge in [0.25, 0.3) is 0 Å². The van der Waals surface area contributed by atoms with E-state index in [0.717, 1.165) is 19.4 Å². The van der Waals surface area contributed by atoms with Crippen LogP contribution in [-0.4, -0.2) is 37.2 Å². The van der Waals surface area contributed by atoms with Crippen LogP contribution in [0.1, 0.15) is 19.8 Å². The zero-order valence-electron chi connectivity index (χ0n) is 10.5. The second-order valence-electron chi connectivity index (χ2n) is 3.73. The molecule has 0 aliphatic heterocycles. The Labute approximate surface area is 107 Å². The van der Waals surface area contributed by atoms with Crippen LogP contribution < -0.4 is 9.39 Å². The summed E-state index contributed by atoms with van der Waals surface area (Å²) in [5.74, 6) is 1.09. The van der Waals surface area contributed by atoms with E-state index in [2.05, 4.69) is 11.6 Å². The van der Waals surface area contributed by atoms with Gasteiger partial charge in [0.2, 0.25) is 0 Å². The summed E-state index contributed by atoms with van der Waals surface area (Å²) in [4.78, 5) is 0. The summed E-state index contributed by atoms with van der Waals surface area (Å²) in [6.45, 7) is 4.15. The Morgan fingerprint density at radius 2 is 1.67 bits per heavy atom. The fourth-order valence-corrected chi connectivity index (χ4v) is 1.33. The highest BCUT2D eigenvalue weighted by Crippen LogP contribution is 2.17. The van der Waals surface area contributed by atoms with E-state index in [1.165, 1.54) is 0 Å². The quantitative estimate of drug-likeness (QED) is 0.512. The third-order valence-electron chi connectivity index (χ3n) is 2.12. The number of benzene rings is 1. The fourth-order valence-electron chi connectivity index (χ4n) is 1.33. The van der Waals surface area contributed by atoms with Crippen molar-refractivity contribution in [3.8, 4) is 11.5 Å². The molecule has 100 valence electrons. The van der Waals surface area contributed by atoms with Crippen LogP contribution in [0.2, 0.25) is 0 Å². The average molecular weight is 254 g/mol. The Kier molecular flexibility index (Phi) is 7.25. The molecule has 0 saturated heterocycles. The molecular formula is C12H19BO5. The Morgan fingerprint density at radius 3 is 2.28 bits per heavy atom. The Bertz CT molecular complexity index is 315. The van der Waals surface area contributed by atoms with E-state index in [1.54, 1.807) is 24.3 Å². The summed E-state index contributed by atoms with van der Waals surface area (Å²) in [7, 11) is -1.80. The molecule has 1 rings (SSSR count). The fraction of sp³-hybridized carbons (Fsp3) is 0.500. The van der Waals surface area contributed by atoms with Gasteiger partial charge < -0.3 is 24.2 Å². The van der Waals surface area contributed by atoms with Crippen molar-refractivity contribution in [3.05, 3.63) is 24.3 Å². The first-order chi connectivity index (χ1) is 8.72. The molecule has 0 radical (unpaired) electrons. The lowest BCUT2D eigenvalue weighted by atomic mass is 10.2. The first-order valence-corrected chi connectivity index (χ1v) is 6.05. The molecule has 0 atom stereocenters. The topological polar surface area (TPSA) is 68.2 Å². The van der Waals surface area contributed by atoms with Crippen molar-refractivity contribution in [1.29, 1.82) is 0 Å². The highest BCUT2D eigenvalue weighted by molar-refractivity contribution is 6.33. The van der Waals surface area contributed by atoms with Crippen LogP contribution in [-0.2, 0) is 4.74 Å². The predicted molar refractivity (Wildman–Crippen MR) is 68.5 cm³/mol. The van der Waals surface area contributed by atoms with Gasteiger partial charge in [-0.3, -0.25) is 0 Å². The zero-order chi connectivity index (χ0) is 13.2. The molecule has 0 amide bonds. The van der Waals surface area contributed by atoms with Gasteiger partial charge in [-0.15, -0.1) is 0 Å². The SMILES string of the molecule is CCCOCCCOc1ccc(OB(O)O)cc1. The van der Waals surface area contributed by atoms with Crippen molar-refractivity contribution in [2.75, 3.05) is 19.8 Å². The van der Waals surface area contributed by atoms with E-state index in [9.17, 15) is 0 Å². The first kappa shape index (κ1) is 14.8. The molecule has 0 aliphatic carbocycles. The molecule has 1 aromatic carbocycles. The van der Waals surface area contributed by atoms with E-state index >= 15 is 0 Å². The molecule has 2 N–H and O–H groups in total. The number of hydrogen-bond acceptors (Lipinski definition) is 5. The highest BCUT2D eigenvalue weighted by Gasteiger charge is 2.10. The van der Waals surface area contributed by atoms with Gasteiger partial charge in [-0.05, 0) is 30.7 Å². The Hall–Kier alpha value is -1.24. The normalized spacial score (nSPS) is 10.2. The van der Waals surface area contributed by atoms with E-state index < -0.39 is 7.32 Å². The Morgan fingerprint density at radius 1 is 1.00 bits per heavy atom. The van der Waals surface area contributed by atoms with Gasteiger partial charge in [-0.2, -0.15) is 0 Å². The van der Waals surface area contributed by atoms with Gasteiger partial charge in [-0.1, -0.05) is 6.92 Å². The third-order valence-corrected chi connectivity index (χ3v) is 2.12. The van der Waals surface area contributed by atoms with E-state index in [4.69, 9.17) is 19.5 Å². The standard InChI is InChI=1S/C12H19BO5/c1-2-8-16-9-3-10-17-11-4-6-12(7-5-11)18-13(14)15/h4-7,14-15H,2-3,8-10H2,1H3. The zero-order valence-corrected chi connectivity index (χ0v) is 10.5. The highest BCUT2D eigenvalue weighted by atomic mass is 16.6. The minimum atomic E-state index is -1.80. The summed E-state index contributed by atoms with van der Waals surface area (Å²) < 4.78 is 15.5. The number of rotatable bonds is 9. The van der Waals surface area contributed by atoms with E-state index in [0.29, 0.717) is 24.7 Å². The van der Waals surface area contributed by atoms with Gasteiger partial charge in [0, 0.05) is 19.6 Å². The molecule has 0 fully saturated rings. The van der Waals surface area contributed by atoms with Crippen molar-refractivity contribution in [2.45, 2.75) is 19.8 Å². The lowest BCUT2D eigenvalue weighted by Gasteiger charge is -2.08. The maximum atomic E-state index is 8.61.